The topological polar surface area (TPSA) is 21.3 Å². The van der Waals surface area contributed by atoms with Crippen LogP contribution in [0.15, 0.2) is 0 Å². The largest absolute Gasteiger partial charge is 0.378 e. The van der Waals surface area contributed by atoms with E-state index in [1.807, 2.05) is 0 Å². The summed E-state index contributed by atoms with van der Waals surface area (Å²) in [5, 5.41) is 3.36. The first-order valence-electron chi connectivity index (χ1n) is 6.59. The van der Waals surface area contributed by atoms with Gasteiger partial charge in [0.2, 0.25) is 0 Å². The molecule has 0 aromatic rings. The molecule has 0 spiro atoms. The maximum atomic E-state index is 5.99. The predicted molar refractivity (Wildman–Crippen MR) is 65.1 cm³/mol. The highest BCUT2D eigenvalue weighted by atomic mass is 16.5. The molecule has 0 radical (unpaired) electrons. The average Bonchev–Trinajstić information content (AvgIpc) is 2.31. The second-order valence-corrected chi connectivity index (χ2v) is 4.78. The van der Waals surface area contributed by atoms with E-state index in [0.29, 0.717) is 6.10 Å². The molecule has 0 saturated heterocycles. The predicted octanol–water partition coefficient (Wildman–Crippen LogP) is 2.97. The van der Waals surface area contributed by atoms with Crippen molar-refractivity contribution in [2.24, 2.45) is 5.92 Å². The summed E-state index contributed by atoms with van der Waals surface area (Å²) in [7, 11) is 2.07. The molecule has 15 heavy (non-hydrogen) atoms. The molecule has 1 aliphatic carbocycles. The van der Waals surface area contributed by atoms with Gasteiger partial charge in [0, 0.05) is 12.6 Å². The molecule has 0 bridgehead atoms. The van der Waals surface area contributed by atoms with E-state index in [9.17, 15) is 0 Å². The Morgan fingerprint density at radius 1 is 1.13 bits per heavy atom. The van der Waals surface area contributed by atoms with Crippen molar-refractivity contribution in [2.45, 2.75) is 64.5 Å². The van der Waals surface area contributed by atoms with Crippen LogP contribution in [0.2, 0.25) is 0 Å². The fourth-order valence-corrected chi connectivity index (χ4v) is 2.31. The van der Waals surface area contributed by atoms with Crippen LogP contribution in [0, 0.1) is 5.92 Å². The first kappa shape index (κ1) is 13.0. The van der Waals surface area contributed by atoms with Gasteiger partial charge in [0.1, 0.15) is 0 Å². The molecule has 0 atom stereocenters. The zero-order valence-corrected chi connectivity index (χ0v) is 10.6. The first-order chi connectivity index (χ1) is 7.30. The van der Waals surface area contributed by atoms with Crippen molar-refractivity contribution in [3.63, 3.8) is 0 Å². The molecule has 0 aromatic carbocycles. The van der Waals surface area contributed by atoms with Gasteiger partial charge in [-0.15, -0.1) is 0 Å². The summed E-state index contributed by atoms with van der Waals surface area (Å²) in [5.74, 6) is 0.770. The van der Waals surface area contributed by atoms with E-state index < -0.39 is 0 Å². The van der Waals surface area contributed by atoms with Gasteiger partial charge >= 0.3 is 0 Å². The van der Waals surface area contributed by atoms with E-state index >= 15 is 0 Å². The third kappa shape index (κ3) is 4.52. The SMILES string of the molecule is CCC(CC)COC1CCC(NC)CC1. The Morgan fingerprint density at radius 2 is 1.73 bits per heavy atom. The number of hydrogen-bond donors (Lipinski definition) is 1. The van der Waals surface area contributed by atoms with Gasteiger partial charge in [0.25, 0.3) is 0 Å². The Labute approximate surface area is 94.8 Å². The molecule has 0 unspecified atom stereocenters. The lowest BCUT2D eigenvalue weighted by atomic mass is 9.93. The van der Waals surface area contributed by atoms with Crippen LogP contribution in [0.3, 0.4) is 0 Å². The molecule has 1 fully saturated rings. The Kier molecular flexibility index (Phi) is 6.26. The van der Waals surface area contributed by atoms with Crippen molar-refractivity contribution in [3.8, 4) is 0 Å². The van der Waals surface area contributed by atoms with Crippen LogP contribution in [-0.2, 0) is 4.74 Å². The van der Waals surface area contributed by atoms with Gasteiger partial charge in [-0.05, 0) is 38.6 Å². The summed E-state index contributed by atoms with van der Waals surface area (Å²) >= 11 is 0. The van der Waals surface area contributed by atoms with Gasteiger partial charge in [-0.2, -0.15) is 0 Å². The zero-order chi connectivity index (χ0) is 11.1. The maximum absolute atomic E-state index is 5.99. The summed E-state index contributed by atoms with van der Waals surface area (Å²) in [4.78, 5) is 0. The lowest BCUT2D eigenvalue weighted by Crippen LogP contribution is -2.33. The van der Waals surface area contributed by atoms with Crippen molar-refractivity contribution in [1.29, 1.82) is 0 Å². The van der Waals surface area contributed by atoms with Crippen molar-refractivity contribution < 1.29 is 4.74 Å². The van der Waals surface area contributed by atoms with Crippen molar-refractivity contribution in [2.75, 3.05) is 13.7 Å². The van der Waals surface area contributed by atoms with Crippen LogP contribution >= 0.6 is 0 Å². The number of nitrogens with one attached hydrogen (secondary N) is 1. The van der Waals surface area contributed by atoms with Crippen molar-refractivity contribution >= 4 is 0 Å². The van der Waals surface area contributed by atoms with Gasteiger partial charge in [-0.25, -0.2) is 0 Å². The van der Waals surface area contributed by atoms with E-state index in [1.54, 1.807) is 0 Å². The molecular formula is C13H27NO. The van der Waals surface area contributed by atoms with Crippen molar-refractivity contribution in [3.05, 3.63) is 0 Å². The van der Waals surface area contributed by atoms with Gasteiger partial charge in [-0.1, -0.05) is 26.7 Å². The molecule has 1 saturated carbocycles. The smallest absolute Gasteiger partial charge is 0.0576 e. The fourth-order valence-electron chi connectivity index (χ4n) is 2.31. The Hall–Kier alpha value is -0.0800. The second kappa shape index (κ2) is 7.24. The van der Waals surface area contributed by atoms with E-state index in [0.717, 1.165) is 18.6 Å². The summed E-state index contributed by atoms with van der Waals surface area (Å²) in [6.45, 7) is 5.49. The summed E-state index contributed by atoms with van der Waals surface area (Å²) < 4.78 is 5.99. The zero-order valence-electron chi connectivity index (χ0n) is 10.6. The van der Waals surface area contributed by atoms with E-state index in [-0.39, 0.29) is 0 Å². The van der Waals surface area contributed by atoms with Crippen LogP contribution in [-0.4, -0.2) is 25.8 Å². The molecule has 0 aliphatic heterocycles. The summed E-state index contributed by atoms with van der Waals surface area (Å²) in [6.07, 6.45) is 8.09. The molecule has 0 amide bonds. The molecule has 2 heteroatoms. The molecule has 90 valence electrons. The maximum Gasteiger partial charge on any atom is 0.0576 e. The van der Waals surface area contributed by atoms with Crippen LogP contribution in [0.5, 0.6) is 0 Å². The highest BCUT2D eigenvalue weighted by Gasteiger charge is 2.20. The Balaban J connectivity index is 2.12. The van der Waals surface area contributed by atoms with Gasteiger partial charge in [0.05, 0.1) is 6.10 Å². The first-order valence-corrected chi connectivity index (χ1v) is 6.59. The lowest BCUT2D eigenvalue weighted by molar-refractivity contribution is 0.00212. The quantitative estimate of drug-likeness (QED) is 0.732. The Bertz CT molecular complexity index is 149. The average molecular weight is 213 g/mol. The molecule has 1 N–H and O–H groups in total. The minimum atomic E-state index is 0.537. The Morgan fingerprint density at radius 3 is 2.20 bits per heavy atom. The minimum absolute atomic E-state index is 0.537. The molecule has 2 nitrogen and oxygen atoms in total. The fraction of sp³-hybridized carbons (Fsp3) is 1.00. The third-order valence-corrected chi connectivity index (χ3v) is 3.80. The monoisotopic (exact) mass is 213 g/mol. The molecule has 0 heterocycles. The van der Waals surface area contributed by atoms with Crippen LogP contribution < -0.4 is 5.32 Å². The molecule has 1 aliphatic rings. The summed E-state index contributed by atoms with van der Waals surface area (Å²) in [6, 6.07) is 0.734. The molecule has 0 aromatic heterocycles. The highest BCUT2D eigenvalue weighted by molar-refractivity contribution is 4.76. The van der Waals surface area contributed by atoms with E-state index in [1.165, 1.54) is 38.5 Å². The standard InChI is InChI=1S/C13H27NO/c1-4-11(5-2)10-15-13-8-6-12(14-3)7-9-13/h11-14H,4-10H2,1-3H3. The van der Waals surface area contributed by atoms with Crippen LogP contribution in [0.4, 0.5) is 0 Å². The summed E-state index contributed by atoms with van der Waals surface area (Å²) in [5.41, 5.74) is 0. The van der Waals surface area contributed by atoms with Crippen LogP contribution in [0.1, 0.15) is 52.4 Å². The van der Waals surface area contributed by atoms with Crippen molar-refractivity contribution in [1.82, 2.24) is 5.32 Å². The van der Waals surface area contributed by atoms with Crippen LogP contribution in [0.25, 0.3) is 0 Å². The van der Waals surface area contributed by atoms with E-state index in [4.69, 9.17) is 4.74 Å². The normalized spacial score (nSPS) is 27.2. The molecular weight excluding hydrogens is 186 g/mol. The minimum Gasteiger partial charge on any atom is -0.378 e. The van der Waals surface area contributed by atoms with Gasteiger partial charge < -0.3 is 10.1 Å². The highest BCUT2D eigenvalue weighted by Crippen LogP contribution is 2.22. The molecule has 1 rings (SSSR count). The van der Waals surface area contributed by atoms with Gasteiger partial charge in [-0.3, -0.25) is 0 Å². The number of rotatable bonds is 6. The number of hydrogen-bond acceptors (Lipinski definition) is 2. The third-order valence-electron chi connectivity index (χ3n) is 3.80. The van der Waals surface area contributed by atoms with E-state index in [2.05, 4.69) is 26.2 Å². The lowest BCUT2D eigenvalue weighted by Gasteiger charge is -2.29. The number of ether oxygens (including phenoxy) is 1. The second-order valence-electron chi connectivity index (χ2n) is 4.78. The van der Waals surface area contributed by atoms with Gasteiger partial charge in [0.15, 0.2) is 0 Å².